The number of carbonyl (C=O) groups excluding carboxylic acids is 1. The maximum atomic E-state index is 12.1. The van der Waals surface area contributed by atoms with Gasteiger partial charge in [0.1, 0.15) is 5.75 Å². The van der Waals surface area contributed by atoms with E-state index in [-0.39, 0.29) is 5.91 Å². The van der Waals surface area contributed by atoms with Crippen LogP contribution in [-0.2, 0) is 0 Å². The van der Waals surface area contributed by atoms with Crippen LogP contribution in [0, 0.1) is 0 Å². The summed E-state index contributed by atoms with van der Waals surface area (Å²) in [6.45, 7) is 2.33. The van der Waals surface area contributed by atoms with Gasteiger partial charge in [0, 0.05) is 5.56 Å². The molecular formula is C16H14Cl2N2O2. The van der Waals surface area contributed by atoms with Crippen LogP contribution < -0.4 is 10.2 Å². The van der Waals surface area contributed by atoms with E-state index in [1.807, 2.05) is 6.92 Å². The standard InChI is InChI=1S/C16H14Cl2N2O2/c1-2-22-15-9-4-3-6-11(15)16(21)20-19-10-12-13(17)7-5-8-14(12)18/h3-10H,2H2,1H3,(H,20,21)/b19-10-. The third kappa shape index (κ3) is 4.00. The second-order valence-corrected chi connectivity index (χ2v) is 5.08. The van der Waals surface area contributed by atoms with Crippen molar-refractivity contribution < 1.29 is 9.53 Å². The van der Waals surface area contributed by atoms with Gasteiger partial charge in [0.05, 0.1) is 28.4 Å². The van der Waals surface area contributed by atoms with Crippen LogP contribution >= 0.6 is 23.2 Å². The molecule has 0 atom stereocenters. The van der Waals surface area contributed by atoms with E-state index >= 15 is 0 Å². The summed E-state index contributed by atoms with van der Waals surface area (Å²) in [5, 5.41) is 4.81. The number of nitrogens with one attached hydrogen (secondary N) is 1. The Kier molecular flexibility index (Phi) is 5.81. The van der Waals surface area contributed by atoms with Crippen LogP contribution in [0.25, 0.3) is 0 Å². The predicted octanol–water partition coefficient (Wildman–Crippen LogP) is 4.16. The van der Waals surface area contributed by atoms with Crippen LogP contribution in [0.1, 0.15) is 22.8 Å². The third-order valence-electron chi connectivity index (χ3n) is 2.79. The second-order valence-electron chi connectivity index (χ2n) is 4.26. The summed E-state index contributed by atoms with van der Waals surface area (Å²) in [6.07, 6.45) is 1.41. The molecule has 0 aliphatic rings. The lowest BCUT2D eigenvalue weighted by atomic mass is 10.2. The van der Waals surface area contributed by atoms with E-state index in [4.69, 9.17) is 27.9 Å². The number of ether oxygens (including phenoxy) is 1. The van der Waals surface area contributed by atoms with Crippen LogP contribution in [0.3, 0.4) is 0 Å². The number of amides is 1. The van der Waals surface area contributed by atoms with E-state index in [1.165, 1.54) is 6.21 Å². The fourth-order valence-electron chi connectivity index (χ4n) is 1.79. The molecule has 2 aromatic rings. The van der Waals surface area contributed by atoms with Gasteiger partial charge < -0.3 is 4.74 Å². The molecule has 2 aromatic carbocycles. The van der Waals surface area contributed by atoms with Gasteiger partial charge in [-0.15, -0.1) is 0 Å². The van der Waals surface area contributed by atoms with Crippen molar-refractivity contribution in [2.24, 2.45) is 5.10 Å². The predicted molar refractivity (Wildman–Crippen MR) is 89.1 cm³/mol. The minimum Gasteiger partial charge on any atom is -0.493 e. The van der Waals surface area contributed by atoms with E-state index in [1.54, 1.807) is 42.5 Å². The lowest BCUT2D eigenvalue weighted by Gasteiger charge is -2.08. The van der Waals surface area contributed by atoms with Crippen molar-refractivity contribution in [3.8, 4) is 5.75 Å². The highest BCUT2D eigenvalue weighted by Gasteiger charge is 2.11. The molecule has 0 aliphatic heterocycles. The van der Waals surface area contributed by atoms with Gasteiger partial charge in [-0.3, -0.25) is 4.79 Å². The van der Waals surface area contributed by atoms with Gasteiger partial charge in [-0.25, -0.2) is 5.43 Å². The van der Waals surface area contributed by atoms with Crippen molar-refractivity contribution in [1.82, 2.24) is 5.43 Å². The number of nitrogens with zero attached hydrogens (tertiary/aromatic N) is 1. The van der Waals surface area contributed by atoms with Crippen molar-refractivity contribution in [2.45, 2.75) is 6.92 Å². The molecule has 0 bridgehead atoms. The molecule has 6 heteroatoms. The van der Waals surface area contributed by atoms with Crippen molar-refractivity contribution in [3.63, 3.8) is 0 Å². The molecule has 0 spiro atoms. The summed E-state index contributed by atoms with van der Waals surface area (Å²) in [5.41, 5.74) is 3.39. The quantitative estimate of drug-likeness (QED) is 0.658. The minimum absolute atomic E-state index is 0.372. The number of rotatable bonds is 5. The van der Waals surface area contributed by atoms with Gasteiger partial charge in [-0.05, 0) is 31.2 Å². The Labute approximate surface area is 138 Å². The van der Waals surface area contributed by atoms with Gasteiger partial charge >= 0.3 is 0 Å². The zero-order valence-electron chi connectivity index (χ0n) is 11.8. The van der Waals surface area contributed by atoms with Crippen LogP contribution in [0.4, 0.5) is 0 Å². The molecule has 0 heterocycles. The van der Waals surface area contributed by atoms with Gasteiger partial charge in [0.25, 0.3) is 5.91 Å². The molecule has 0 saturated heterocycles. The van der Waals surface area contributed by atoms with E-state index in [0.717, 1.165) is 0 Å². The Morgan fingerprint density at radius 3 is 2.55 bits per heavy atom. The summed E-state index contributed by atoms with van der Waals surface area (Å²) in [7, 11) is 0. The molecule has 0 radical (unpaired) electrons. The van der Waals surface area contributed by atoms with Gasteiger partial charge in [-0.1, -0.05) is 41.4 Å². The second kappa shape index (κ2) is 7.82. The summed E-state index contributed by atoms with van der Waals surface area (Å²) < 4.78 is 5.41. The molecule has 0 saturated carbocycles. The summed E-state index contributed by atoms with van der Waals surface area (Å²) >= 11 is 12.0. The SMILES string of the molecule is CCOc1ccccc1C(=O)N/N=C\c1c(Cl)cccc1Cl. The van der Waals surface area contributed by atoms with E-state index in [0.29, 0.717) is 33.5 Å². The lowest BCUT2D eigenvalue weighted by molar-refractivity contribution is 0.0951. The fraction of sp³-hybridized carbons (Fsp3) is 0.125. The van der Waals surface area contributed by atoms with Crippen LogP contribution in [0.2, 0.25) is 10.0 Å². The highest BCUT2D eigenvalue weighted by Crippen LogP contribution is 2.22. The van der Waals surface area contributed by atoms with Gasteiger partial charge in [0.2, 0.25) is 0 Å². The Morgan fingerprint density at radius 2 is 1.86 bits per heavy atom. The molecule has 114 valence electrons. The first-order valence-electron chi connectivity index (χ1n) is 6.62. The number of halogens is 2. The van der Waals surface area contributed by atoms with Crippen LogP contribution in [-0.4, -0.2) is 18.7 Å². The van der Waals surface area contributed by atoms with Gasteiger partial charge in [-0.2, -0.15) is 5.10 Å². The summed E-state index contributed by atoms with van der Waals surface area (Å²) in [5.74, 6) is 0.136. The lowest BCUT2D eigenvalue weighted by Crippen LogP contribution is -2.18. The normalized spacial score (nSPS) is 10.7. The number of para-hydroxylation sites is 1. The first-order valence-corrected chi connectivity index (χ1v) is 7.38. The third-order valence-corrected chi connectivity index (χ3v) is 3.45. The molecule has 0 unspecified atom stereocenters. The zero-order chi connectivity index (χ0) is 15.9. The van der Waals surface area contributed by atoms with Gasteiger partial charge in [0.15, 0.2) is 0 Å². The molecule has 0 aromatic heterocycles. The molecule has 2 rings (SSSR count). The molecule has 1 N–H and O–H groups in total. The smallest absolute Gasteiger partial charge is 0.275 e. The van der Waals surface area contributed by atoms with Crippen molar-refractivity contribution in [2.75, 3.05) is 6.61 Å². The van der Waals surface area contributed by atoms with Crippen LogP contribution in [0.15, 0.2) is 47.6 Å². The fourth-order valence-corrected chi connectivity index (χ4v) is 2.28. The minimum atomic E-state index is -0.372. The molecule has 22 heavy (non-hydrogen) atoms. The maximum absolute atomic E-state index is 12.1. The Hall–Kier alpha value is -2.04. The van der Waals surface area contributed by atoms with Crippen molar-refractivity contribution in [1.29, 1.82) is 0 Å². The highest BCUT2D eigenvalue weighted by molar-refractivity contribution is 6.38. The average molecular weight is 337 g/mol. The monoisotopic (exact) mass is 336 g/mol. The number of benzene rings is 2. The Bertz CT molecular complexity index is 682. The first kappa shape index (κ1) is 16.3. The molecule has 0 aliphatic carbocycles. The number of hydrogen-bond acceptors (Lipinski definition) is 3. The molecule has 0 fully saturated rings. The van der Waals surface area contributed by atoms with Crippen molar-refractivity contribution >= 4 is 35.3 Å². The summed E-state index contributed by atoms with van der Waals surface area (Å²) in [6, 6.07) is 12.1. The largest absolute Gasteiger partial charge is 0.493 e. The summed E-state index contributed by atoms with van der Waals surface area (Å²) in [4.78, 5) is 12.1. The first-order chi connectivity index (χ1) is 10.6. The Morgan fingerprint density at radius 1 is 1.18 bits per heavy atom. The van der Waals surface area contributed by atoms with E-state index in [9.17, 15) is 4.79 Å². The highest BCUT2D eigenvalue weighted by atomic mass is 35.5. The molecule has 1 amide bonds. The van der Waals surface area contributed by atoms with E-state index in [2.05, 4.69) is 10.5 Å². The van der Waals surface area contributed by atoms with Crippen molar-refractivity contribution in [3.05, 3.63) is 63.6 Å². The number of hydrogen-bond donors (Lipinski definition) is 1. The Balaban J connectivity index is 2.12. The molecule has 4 nitrogen and oxygen atoms in total. The topological polar surface area (TPSA) is 50.7 Å². The number of carbonyl (C=O) groups is 1. The zero-order valence-corrected chi connectivity index (χ0v) is 13.4. The molecular weight excluding hydrogens is 323 g/mol. The van der Waals surface area contributed by atoms with E-state index < -0.39 is 0 Å². The average Bonchev–Trinajstić information content (AvgIpc) is 2.51. The maximum Gasteiger partial charge on any atom is 0.275 e. The van der Waals surface area contributed by atoms with Crippen LogP contribution in [0.5, 0.6) is 5.75 Å². The number of hydrazone groups is 1.